The molecule has 0 aliphatic heterocycles. The van der Waals surface area contributed by atoms with Crippen LogP contribution in [0, 0.1) is 5.82 Å². The quantitative estimate of drug-likeness (QED) is 0.909. The van der Waals surface area contributed by atoms with Gasteiger partial charge in [0.1, 0.15) is 11.5 Å². The van der Waals surface area contributed by atoms with E-state index >= 15 is 0 Å². The highest BCUT2D eigenvalue weighted by molar-refractivity contribution is 5.34. The highest BCUT2D eigenvalue weighted by Crippen LogP contribution is 2.28. The van der Waals surface area contributed by atoms with E-state index in [9.17, 15) is 4.39 Å². The summed E-state index contributed by atoms with van der Waals surface area (Å²) in [5, 5.41) is 7.62. The van der Waals surface area contributed by atoms with Gasteiger partial charge < -0.3 is 10.1 Å². The van der Waals surface area contributed by atoms with Crippen LogP contribution in [0.5, 0.6) is 5.75 Å². The summed E-state index contributed by atoms with van der Waals surface area (Å²) in [6, 6.07) is 3.09. The van der Waals surface area contributed by atoms with E-state index in [1.807, 2.05) is 20.9 Å². The summed E-state index contributed by atoms with van der Waals surface area (Å²) in [5.74, 6) is 0.325. The third-order valence-electron chi connectivity index (χ3n) is 2.99. The van der Waals surface area contributed by atoms with Gasteiger partial charge in [0.15, 0.2) is 5.75 Å². The van der Waals surface area contributed by atoms with Crippen molar-refractivity contribution in [2.45, 2.75) is 25.9 Å². The van der Waals surface area contributed by atoms with Gasteiger partial charge in [0.2, 0.25) is 0 Å². The fourth-order valence-electron chi connectivity index (χ4n) is 2.11. The molecule has 0 saturated heterocycles. The van der Waals surface area contributed by atoms with Crippen LogP contribution in [0.25, 0.3) is 0 Å². The van der Waals surface area contributed by atoms with E-state index in [2.05, 4.69) is 15.4 Å². The summed E-state index contributed by atoms with van der Waals surface area (Å²) >= 11 is 0. The Morgan fingerprint density at radius 2 is 2.05 bits per heavy atom. The number of hydrogen-bond donors (Lipinski definition) is 1. The molecule has 2 heterocycles. The van der Waals surface area contributed by atoms with Crippen molar-refractivity contribution in [1.82, 2.24) is 20.1 Å². The Morgan fingerprint density at radius 1 is 1.30 bits per heavy atom. The molecule has 0 aliphatic rings. The minimum absolute atomic E-state index is 0.210. The lowest BCUT2D eigenvalue weighted by Crippen LogP contribution is -2.31. The second-order valence-corrected chi connectivity index (χ2v) is 4.88. The zero-order valence-corrected chi connectivity index (χ0v) is 12.1. The Labute approximate surface area is 117 Å². The Morgan fingerprint density at radius 3 is 2.60 bits per heavy atom. The SMILES string of the molecule is COc1cnn(C)c1C(NC(C)C)c1ccc(F)cn1. The highest BCUT2D eigenvalue weighted by atomic mass is 19.1. The first-order valence-electron chi connectivity index (χ1n) is 6.46. The van der Waals surface area contributed by atoms with Gasteiger partial charge in [0.05, 0.1) is 31.2 Å². The normalized spacial score (nSPS) is 12.7. The van der Waals surface area contributed by atoms with Gasteiger partial charge >= 0.3 is 0 Å². The van der Waals surface area contributed by atoms with Crippen LogP contribution in [0.3, 0.4) is 0 Å². The Balaban J connectivity index is 2.46. The number of aromatic nitrogens is 3. The molecule has 0 spiro atoms. The number of nitrogens with one attached hydrogen (secondary N) is 1. The first-order chi connectivity index (χ1) is 9.52. The molecule has 1 unspecified atom stereocenters. The summed E-state index contributed by atoms with van der Waals surface area (Å²) in [5.41, 5.74) is 1.59. The number of aryl methyl sites for hydroxylation is 1. The van der Waals surface area contributed by atoms with Crippen molar-refractivity contribution >= 4 is 0 Å². The molecule has 5 nitrogen and oxygen atoms in total. The lowest BCUT2D eigenvalue weighted by molar-refractivity contribution is 0.395. The average molecular weight is 278 g/mol. The van der Waals surface area contributed by atoms with E-state index in [1.54, 1.807) is 24.1 Å². The molecule has 108 valence electrons. The lowest BCUT2D eigenvalue weighted by atomic mass is 10.1. The van der Waals surface area contributed by atoms with Crippen molar-refractivity contribution in [3.05, 3.63) is 41.7 Å². The number of ether oxygens (including phenoxy) is 1. The van der Waals surface area contributed by atoms with Crippen LogP contribution in [0.1, 0.15) is 31.3 Å². The van der Waals surface area contributed by atoms with Gasteiger partial charge in [-0.2, -0.15) is 5.10 Å². The van der Waals surface area contributed by atoms with Crippen LogP contribution in [0.2, 0.25) is 0 Å². The van der Waals surface area contributed by atoms with Crippen molar-refractivity contribution in [2.24, 2.45) is 7.05 Å². The van der Waals surface area contributed by atoms with Crippen LogP contribution in [-0.4, -0.2) is 27.9 Å². The number of nitrogens with zero attached hydrogens (tertiary/aromatic N) is 3. The third kappa shape index (κ3) is 2.96. The zero-order valence-electron chi connectivity index (χ0n) is 12.1. The van der Waals surface area contributed by atoms with Crippen molar-refractivity contribution in [3.8, 4) is 5.75 Å². The van der Waals surface area contributed by atoms with Crippen LogP contribution >= 0.6 is 0 Å². The first kappa shape index (κ1) is 14.5. The van der Waals surface area contributed by atoms with Crippen LogP contribution < -0.4 is 10.1 Å². The number of rotatable bonds is 5. The minimum Gasteiger partial charge on any atom is -0.493 e. The van der Waals surface area contributed by atoms with E-state index in [0.717, 1.165) is 11.4 Å². The standard InChI is InChI=1S/C14H19FN4O/c1-9(2)18-13(11-6-5-10(15)7-16-11)14-12(20-4)8-17-19(14)3/h5-9,13,18H,1-4H3. The summed E-state index contributed by atoms with van der Waals surface area (Å²) in [7, 11) is 3.45. The lowest BCUT2D eigenvalue weighted by Gasteiger charge is -2.22. The molecule has 0 saturated carbocycles. The number of methoxy groups -OCH3 is 1. The first-order valence-corrected chi connectivity index (χ1v) is 6.46. The van der Waals surface area contributed by atoms with Gasteiger partial charge in [-0.25, -0.2) is 4.39 Å². The number of halogens is 1. The predicted octanol–water partition coefficient (Wildman–Crippen LogP) is 2.05. The van der Waals surface area contributed by atoms with Gasteiger partial charge in [-0.1, -0.05) is 0 Å². The maximum atomic E-state index is 13.1. The van der Waals surface area contributed by atoms with E-state index in [0.29, 0.717) is 5.75 Å². The monoisotopic (exact) mass is 278 g/mol. The molecule has 0 radical (unpaired) electrons. The van der Waals surface area contributed by atoms with Crippen LogP contribution in [0.4, 0.5) is 4.39 Å². The van der Waals surface area contributed by atoms with E-state index in [-0.39, 0.29) is 17.9 Å². The summed E-state index contributed by atoms with van der Waals surface area (Å²) in [6.45, 7) is 4.08. The fraction of sp³-hybridized carbons (Fsp3) is 0.429. The molecule has 0 amide bonds. The molecular weight excluding hydrogens is 259 g/mol. The Kier molecular flexibility index (Phi) is 4.34. The van der Waals surface area contributed by atoms with Gasteiger partial charge in [-0.15, -0.1) is 0 Å². The van der Waals surface area contributed by atoms with Crippen LogP contribution in [0.15, 0.2) is 24.5 Å². The fourth-order valence-corrected chi connectivity index (χ4v) is 2.11. The minimum atomic E-state index is -0.353. The molecule has 0 fully saturated rings. The molecule has 0 aliphatic carbocycles. The second kappa shape index (κ2) is 6.00. The van der Waals surface area contributed by atoms with Crippen molar-refractivity contribution in [2.75, 3.05) is 7.11 Å². The maximum Gasteiger partial charge on any atom is 0.161 e. The molecule has 2 aromatic heterocycles. The van der Waals surface area contributed by atoms with Crippen molar-refractivity contribution < 1.29 is 9.13 Å². The smallest absolute Gasteiger partial charge is 0.161 e. The molecule has 1 N–H and O–H groups in total. The molecule has 6 heteroatoms. The Hall–Kier alpha value is -1.95. The van der Waals surface area contributed by atoms with Gasteiger partial charge in [-0.05, 0) is 26.0 Å². The van der Waals surface area contributed by atoms with Gasteiger partial charge in [-0.3, -0.25) is 9.67 Å². The second-order valence-electron chi connectivity index (χ2n) is 4.88. The van der Waals surface area contributed by atoms with E-state index < -0.39 is 0 Å². The topological polar surface area (TPSA) is 52.0 Å². The summed E-state index contributed by atoms with van der Waals surface area (Å²) in [4.78, 5) is 4.17. The van der Waals surface area contributed by atoms with E-state index in [1.165, 1.54) is 12.3 Å². The number of hydrogen-bond acceptors (Lipinski definition) is 4. The van der Waals surface area contributed by atoms with Gasteiger partial charge in [0, 0.05) is 13.1 Å². The summed E-state index contributed by atoms with van der Waals surface area (Å²) in [6.07, 6.45) is 2.88. The van der Waals surface area contributed by atoms with Crippen LogP contribution in [-0.2, 0) is 7.05 Å². The maximum absolute atomic E-state index is 13.1. The molecule has 20 heavy (non-hydrogen) atoms. The van der Waals surface area contributed by atoms with Gasteiger partial charge in [0.25, 0.3) is 0 Å². The number of pyridine rings is 1. The molecule has 0 bridgehead atoms. The molecule has 2 rings (SSSR count). The van der Waals surface area contributed by atoms with Crippen molar-refractivity contribution in [3.63, 3.8) is 0 Å². The predicted molar refractivity (Wildman–Crippen MR) is 74.1 cm³/mol. The molecular formula is C14H19FN4O. The molecule has 2 aromatic rings. The molecule has 0 aromatic carbocycles. The largest absolute Gasteiger partial charge is 0.493 e. The third-order valence-corrected chi connectivity index (χ3v) is 2.99. The van der Waals surface area contributed by atoms with E-state index in [4.69, 9.17) is 4.74 Å². The molecule has 1 atom stereocenters. The highest BCUT2D eigenvalue weighted by Gasteiger charge is 2.24. The average Bonchev–Trinajstić information content (AvgIpc) is 2.78. The Bertz CT molecular complexity index is 565. The summed E-state index contributed by atoms with van der Waals surface area (Å²) < 4.78 is 20.1. The van der Waals surface area contributed by atoms with Crippen molar-refractivity contribution in [1.29, 1.82) is 0 Å². The zero-order chi connectivity index (χ0) is 14.7.